The SMILES string of the molecule is CCn1nc(C2CCCN2C(=O)Nc2ccc(C)c(C)c2)c2c1CCOC2. The summed E-state index contributed by atoms with van der Waals surface area (Å²) in [6, 6.07) is 6.02. The van der Waals surface area contributed by atoms with Gasteiger partial charge in [0.2, 0.25) is 0 Å². The Morgan fingerprint density at radius 3 is 2.96 bits per heavy atom. The van der Waals surface area contributed by atoms with Gasteiger partial charge in [0.25, 0.3) is 0 Å². The molecule has 6 heteroatoms. The molecule has 2 amide bonds. The van der Waals surface area contributed by atoms with Gasteiger partial charge in [0.1, 0.15) is 0 Å². The Hall–Kier alpha value is -2.34. The highest BCUT2D eigenvalue weighted by atomic mass is 16.5. The van der Waals surface area contributed by atoms with Gasteiger partial charge in [-0.25, -0.2) is 4.79 Å². The Morgan fingerprint density at radius 2 is 2.19 bits per heavy atom. The lowest BCUT2D eigenvalue weighted by Crippen LogP contribution is -2.35. The van der Waals surface area contributed by atoms with Gasteiger partial charge < -0.3 is 15.0 Å². The van der Waals surface area contributed by atoms with Crippen molar-refractivity contribution >= 4 is 11.7 Å². The summed E-state index contributed by atoms with van der Waals surface area (Å²) in [5, 5.41) is 7.95. The molecule has 0 aliphatic carbocycles. The van der Waals surface area contributed by atoms with E-state index in [0.717, 1.165) is 50.3 Å². The fourth-order valence-electron chi connectivity index (χ4n) is 4.17. The number of benzene rings is 1. The molecule has 0 bridgehead atoms. The maximum atomic E-state index is 13.0. The Balaban J connectivity index is 1.58. The van der Waals surface area contributed by atoms with E-state index < -0.39 is 0 Å². The van der Waals surface area contributed by atoms with Crippen LogP contribution in [0.25, 0.3) is 0 Å². The molecule has 0 radical (unpaired) electrons. The van der Waals surface area contributed by atoms with Crippen LogP contribution in [0.1, 0.15) is 53.9 Å². The van der Waals surface area contributed by atoms with Crippen LogP contribution in [0.5, 0.6) is 0 Å². The van der Waals surface area contributed by atoms with Crippen molar-refractivity contribution < 1.29 is 9.53 Å². The summed E-state index contributed by atoms with van der Waals surface area (Å²) in [6.45, 7) is 9.22. The van der Waals surface area contributed by atoms with Gasteiger partial charge >= 0.3 is 6.03 Å². The first-order chi connectivity index (χ1) is 13.1. The van der Waals surface area contributed by atoms with Crippen LogP contribution in [0.15, 0.2) is 18.2 Å². The molecule has 1 unspecified atom stereocenters. The standard InChI is InChI=1S/C21H28N4O2/c1-4-25-18-9-11-27-13-17(18)20(23-25)19-6-5-10-24(19)21(26)22-16-8-7-14(2)15(3)12-16/h7-8,12,19H,4-6,9-11,13H2,1-3H3,(H,22,26). The number of aryl methyl sites for hydroxylation is 3. The highest BCUT2D eigenvalue weighted by Gasteiger charge is 2.35. The number of ether oxygens (including phenoxy) is 1. The van der Waals surface area contributed by atoms with Gasteiger partial charge in [-0.1, -0.05) is 6.07 Å². The minimum atomic E-state index is -0.0442. The van der Waals surface area contributed by atoms with Gasteiger partial charge in [0.15, 0.2) is 0 Å². The first-order valence-corrected chi connectivity index (χ1v) is 9.89. The molecule has 6 nitrogen and oxygen atoms in total. The summed E-state index contributed by atoms with van der Waals surface area (Å²) in [5.41, 5.74) is 6.75. The van der Waals surface area contributed by atoms with E-state index >= 15 is 0 Å². The number of hydrogen-bond acceptors (Lipinski definition) is 3. The lowest BCUT2D eigenvalue weighted by atomic mass is 10.0. The number of nitrogens with zero attached hydrogens (tertiary/aromatic N) is 3. The van der Waals surface area contributed by atoms with Crippen molar-refractivity contribution in [3.63, 3.8) is 0 Å². The van der Waals surface area contributed by atoms with Crippen LogP contribution >= 0.6 is 0 Å². The quantitative estimate of drug-likeness (QED) is 0.892. The molecule has 1 aromatic heterocycles. The average Bonchev–Trinajstić information content (AvgIpc) is 3.29. The number of carbonyl (C=O) groups excluding carboxylic acids is 1. The van der Waals surface area contributed by atoms with E-state index in [9.17, 15) is 4.79 Å². The Labute approximate surface area is 160 Å². The zero-order valence-corrected chi connectivity index (χ0v) is 16.4. The molecule has 1 aromatic carbocycles. The van der Waals surface area contributed by atoms with Crippen molar-refractivity contribution in [2.45, 2.75) is 59.2 Å². The van der Waals surface area contributed by atoms with E-state index in [2.05, 4.69) is 30.8 Å². The van der Waals surface area contributed by atoms with E-state index in [1.165, 1.54) is 22.4 Å². The number of likely N-dealkylation sites (tertiary alicyclic amines) is 1. The van der Waals surface area contributed by atoms with Crippen LogP contribution in [0.3, 0.4) is 0 Å². The molecule has 0 saturated carbocycles. The number of urea groups is 1. The highest BCUT2D eigenvalue weighted by Crippen LogP contribution is 2.36. The largest absolute Gasteiger partial charge is 0.376 e. The van der Waals surface area contributed by atoms with Crippen molar-refractivity contribution in [3.8, 4) is 0 Å². The molecule has 0 spiro atoms. The molecule has 27 heavy (non-hydrogen) atoms. The third-order valence-corrected chi connectivity index (χ3v) is 5.81. The third-order valence-electron chi connectivity index (χ3n) is 5.81. The molecule has 3 heterocycles. The lowest BCUT2D eigenvalue weighted by molar-refractivity contribution is 0.107. The van der Waals surface area contributed by atoms with Crippen molar-refractivity contribution in [1.29, 1.82) is 0 Å². The molecule has 1 atom stereocenters. The number of rotatable bonds is 3. The van der Waals surface area contributed by atoms with Crippen LogP contribution in [-0.2, 0) is 24.3 Å². The maximum Gasteiger partial charge on any atom is 0.322 e. The molecule has 2 aliphatic rings. The zero-order valence-electron chi connectivity index (χ0n) is 16.4. The van der Waals surface area contributed by atoms with Crippen molar-refractivity contribution in [2.75, 3.05) is 18.5 Å². The number of aromatic nitrogens is 2. The number of fused-ring (bicyclic) bond motifs is 1. The minimum absolute atomic E-state index is 0.0276. The lowest BCUT2D eigenvalue weighted by Gasteiger charge is -2.25. The predicted molar refractivity (Wildman–Crippen MR) is 105 cm³/mol. The normalized spacial score (nSPS) is 19.2. The summed E-state index contributed by atoms with van der Waals surface area (Å²) in [7, 11) is 0. The third kappa shape index (κ3) is 3.34. The molecule has 2 aliphatic heterocycles. The highest BCUT2D eigenvalue weighted by molar-refractivity contribution is 5.90. The number of nitrogens with one attached hydrogen (secondary N) is 1. The second-order valence-corrected chi connectivity index (χ2v) is 7.51. The van der Waals surface area contributed by atoms with Crippen LogP contribution in [0.4, 0.5) is 10.5 Å². The monoisotopic (exact) mass is 368 g/mol. The number of amides is 2. The van der Waals surface area contributed by atoms with Gasteiger partial charge in [0, 0.05) is 36.5 Å². The Bertz CT molecular complexity index is 858. The zero-order chi connectivity index (χ0) is 19.0. The van der Waals surface area contributed by atoms with Gasteiger partial charge in [-0.15, -0.1) is 0 Å². The van der Waals surface area contributed by atoms with E-state index in [0.29, 0.717) is 6.61 Å². The number of carbonyl (C=O) groups is 1. The van der Waals surface area contributed by atoms with E-state index in [1.807, 2.05) is 23.1 Å². The van der Waals surface area contributed by atoms with Gasteiger partial charge in [-0.3, -0.25) is 4.68 Å². The van der Waals surface area contributed by atoms with Crippen LogP contribution in [0.2, 0.25) is 0 Å². The summed E-state index contributed by atoms with van der Waals surface area (Å²) >= 11 is 0. The molecule has 2 aromatic rings. The summed E-state index contributed by atoms with van der Waals surface area (Å²) in [4.78, 5) is 14.9. The fourth-order valence-corrected chi connectivity index (χ4v) is 4.17. The molecule has 1 fully saturated rings. The van der Waals surface area contributed by atoms with Gasteiger partial charge in [-0.05, 0) is 56.9 Å². The van der Waals surface area contributed by atoms with Crippen LogP contribution in [0, 0.1) is 13.8 Å². The smallest absolute Gasteiger partial charge is 0.322 e. The topological polar surface area (TPSA) is 59.4 Å². The molecule has 1 N–H and O–H groups in total. The first-order valence-electron chi connectivity index (χ1n) is 9.89. The average molecular weight is 368 g/mol. The second kappa shape index (κ2) is 7.35. The van der Waals surface area contributed by atoms with Crippen LogP contribution < -0.4 is 5.32 Å². The molecule has 4 rings (SSSR count). The van der Waals surface area contributed by atoms with Gasteiger partial charge in [0.05, 0.1) is 24.9 Å². The van der Waals surface area contributed by atoms with Crippen molar-refractivity contribution in [1.82, 2.24) is 14.7 Å². The number of anilines is 1. The first kappa shape index (κ1) is 18.0. The molecule has 144 valence electrons. The predicted octanol–water partition coefficient (Wildman–Crippen LogP) is 3.96. The van der Waals surface area contributed by atoms with Gasteiger partial charge in [-0.2, -0.15) is 5.10 Å². The summed E-state index contributed by atoms with van der Waals surface area (Å²) in [5.74, 6) is 0. The molecular weight excluding hydrogens is 340 g/mol. The Morgan fingerprint density at radius 1 is 1.33 bits per heavy atom. The minimum Gasteiger partial charge on any atom is -0.376 e. The maximum absolute atomic E-state index is 13.0. The Kier molecular flexibility index (Phi) is 4.91. The molecule has 1 saturated heterocycles. The van der Waals surface area contributed by atoms with E-state index in [4.69, 9.17) is 9.84 Å². The van der Waals surface area contributed by atoms with Crippen LogP contribution in [-0.4, -0.2) is 33.9 Å². The fraction of sp³-hybridized carbons (Fsp3) is 0.524. The number of hydrogen-bond donors (Lipinski definition) is 1. The summed E-state index contributed by atoms with van der Waals surface area (Å²) < 4.78 is 7.79. The van der Waals surface area contributed by atoms with E-state index in [-0.39, 0.29) is 12.1 Å². The molecular formula is C21H28N4O2. The van der Waals surface area contributed by atoms with Crippen molar-refractivity contribution in [3.05, 3.63) is 46.3 Å². The second-order valence-electron chi connectivity index (χ2n) is 7.51. The summed E-state index contributed by atoms with van der Waals surface area (Å²) in [6.07, 6.45) is 2.85. The van der Waals surface area contributed by atoms with E-state index in [1.54, 1.807) is 0 Å². The van der Waals surface area contributed by atoms with Crippen molar-refractivity contribution in [2.24, 2.45) is 0 Å².